The van der Waals surface area contributed by atoms with Crippen molar-refractivity contribution >= 4 is 17.5 Å². The summed E-state index contributed by atoms with van der Waals surface area (Å²) in [4.78, 5) is 25.5. The minimum Gasteiger partial charge on any atom is -0.480 e. The summed E-state index contributed by atoms with van der Waals surface area (Å²) in [6.45, 7) is 7.08. The van der Waals surface area contributed by atoms with E-state index in [9.17, 15) is 9.59 Å². The maximum atomic E-state index is 12.9. The molecule has 6 nitrogen and oxygen atoms in total. The second-order valence-corrected chi connectivity index (χ2v) is 7.66. The first-order chi connectivity index (χ1) is 14.5. The quantitative estimate of drug-likeness (QED) is 0.689. The molecule has 0 radical (unpaired) electrons. The number of nitrogens with one attached hydrogen (secondary N) is 2. The van der Waals surface area contributed by atoms with Crippen LogP contribution in [0.2, 0.25) is 0 Å². The van der Waals surface area contributed by atoms with Gasteiger partial charge >= 0.3 is 0 Å². The zero-order valence-electron chi connectivity index (χ0n) is 17.9. The van der Waals surface area contributed by atoms with Gasteiger partial charge in [0.15, 0.2) is 6.10 Å². The van der Waals surface area contributed by atoms with Crippen molar-refractivity contribution in [2.45, 2.75) is 52.2 Å². The number of benzene rings is 2. The summed E-state index contributed by atoms with van der Waals surface area (Å²) in [5, 5.41) is 5.77. The fourth-order valence-electron chi connectivity index (χ4n) is 3.52. The number of ether oxygens (including phenoxy) is 2. The van der Waals surface area contributed by atoms with E-state index in [1.54, 1.807) is 24.3 Å². The molecule has 1 aliphatic heterocycles. The molecule has 2 aromatic carbocycles. The Morgan fingerprint density at radius 1 is 1.20 bits per heavy atom. The van der Waals surface area contributed by atoms with Gasteiger partial charge in [-0.05, 0) is 56.9 Å². The molecule has 2 aromatic rings. The second-order valence-electron chi connectivity index (χ2n) is 7.66. The number of hydrogen-bond acceptors (Lipinski definition) is 4. The molecule has 2 N–H and O–H groups in total. The molecule has 30 heavy (non-hydrogen) atoms. The van der Waals surface area contributed by atoms with Gasteiger partial charge in [0.05, 0.1) is 17.4 Å². The number of rotatable bonds is 8. The average molecular weight is 411 g/mol. The molecule has 2 atom stereocenters. The SMILES string of the molecule is CC[C@@H](Oc1ccc(C)cc1C)C(=O)Nc1ccccc1C(=O)NC[C@@H]1CCCO1. The van der Waals surface area contributed by atoms with Crippen LogP contribution in [0.25, 0.3) is 0 Å². The molecule has 0 bridgehead atoms. The predicted molar refractivity (Wildman–Crippen MR) is 117 cm³/mol. The van der Waals surface area contributed by atoms with Gasteiger partial charge in [-0.1, -0.05) is 36.8 Å². The number of aryl methyl sites for hydroxylation is 2. The molecule has 160 valence electrons. The molecular weight excluding hydrogens is 380 g/mol. The molecule has 0 aliphatic carbocycles. The van der Waals surface area contributed by atoms with E-state index in [0.717, 1.165) is 30.6 Å². The van der Waals surface area contributed by atoms with E-state index in [2.05, 4.69) is 10.6 Å². The van der Waals surface area contributed by atoms with Crippen LogP contribution in [0.5, 0.6) is 5.75 Å². The number of para-hydroxylation sites is 1. The highest BCUT2D eigenvalue weighted by Crippen LogP contribution is 2.22. The van der Waals surface area contributed by atoms with Gasteiger partial charge in [0.1, 0.15) is 5.75 Å². The normalized spacial score (nSPS) is 16.7. The third kappa shape index (κ3) is 5.60. The summed E-state index contributed by atoms with van der Waals surface area (Å²) in [6, 6.07) is 12.9. The topological polar surface area (TPSA) is 76.7 Å². The minimum atomic E-state index is -0.658. The van der Waals surface area contributed by atoms with Crippen LogP contribution in [0.4, 0.5) is 5.69 Å². The molecule has 0 spiro atoms. The van der Waals surface area contributed by atoms with Crippen molar-refractivity contribution in [3.05, 3.63) is 59.2 Å². The van der Waals surface area contributed by atoms with Crippen LogP contribution in [0.3, 0.4) is 0 Å². The Bertz CT molecular complexity index is 891. The van der Waals surface area contributed by atoms with Crippen molar-refractivity contribution in [2.24, 2.45) is 0 Å². The van der Waals surface area contributed by atoms with Gasteiger partial charge in [-0.3, -0.25) is 9.59 Å². The number of carbonyl (C=O) groups excluding carboxylic acids is 2. The zero-order chi connectivity index (χ0) is 21.5. The van der Waals surface area contributed by atoms with Gasteiger partial charge in [0.25, 0.3) is 11.8 Å². The summed E-state index contributed by atoms with van der Waals surface area (Å²) in [5.41, 5.74) is 3.01. The lowest BCUT2D eigenvalue weighted by Gasteiger charge is -2.20. The Labute approximate surface area is 178 Å². The Morgan fingerprint density at radius 3 is 2.70 bits per heavy atom. The molecule has 6 heteroatoms. The lowest BCUT2D eigenvalue weighted by molar-refractivity contribution is -0.122. The maximum absolute atomic E-state index is 12.9. The molecule has 0 aromatic heterocycles. The summed E-state index contributed by atoms with van der Waals surface area (Å²) >= 11 is 0. The van der Waals surface area contributed by atoms with Crippen LogP contribution in [-0.4, -0.2) is 37.2 Å². The van der Waals surface area contributed by atoms with E-state index in [4.69, 9.17) is 9.47 Å². The van der Waals surface area contributed by atoms with Crippen LogP contribution in [0.1, 0.15) is 47.7 Å². The van der Waals surface area contributed by atoms with Gasteiger partial charge in [0.2, 0.25) is 0 Å². The van der Waals surface area contributed by atoms with Crippen LogP contribution < -0.4 is 15.4 Å². The summed E-state index contributed by atoms with van der Waals surface area (Å²) < 4.78 is 11.5. The first kappa shape index (κ1) is 21.8. The molecule has 2 amide bonds. The molecule has 1 aliphatic rings. The molecule has 3 rings (SSSR count). The van der Waals surface area contributed by atoms with Crippen LogP contribution in [0, 0.1) is 13.8 Å². The van der Waals surface area contributed by atoms with Crippen molar-refractivity contribution in [1.29, 1.82) is 0 Å². The third-order valence-electron chi connectivity index (χ3n) is 5.21. The van der Waals surface area contributed by atoms with Crippen LogP contribution >= 0.6 is 0 Å². The summed E-state index contributed by atoms with van der Waals surface area (Å²) in [6.07, 6.45) is 1.88. The van der Waals surface area contributed by atoms with Crippen LogP contribution in [-0.2, 0) is 9.53 Å². The minimum absolute atomic E-state index is 0.0614. The third-order valence-corrected chi connectivity index (χ3v) is 5.21. The summed E-state index contributed by atoms with van der Waals surface area (Å²) in [5.74, 6) is 0.173. The first-order valence-electron chi connectivity index (χ1n) is 10.5. The van der Waals surface area contributed by atoms with Gasteiger partial charge in [0, 0.05) is 13.2 Å². The Morgan fingerprint density at radius 2 is 2.00 bits per heavy atom. The molecule has 1 saturated heterocycles. The van der Waals surface area contributed by atoms with E-state index >= 15 is 0 Å². The van der Waals surface area contributed by atoms with E-state index in [0.29, 0.717) is 30.0 Å². The predicted octanol–water partition coefficient (Wildman–Crippen LogP) is 4.01. The number of anilines is 1. The highest BCUT2D eigenvalue weighted by atomic mass is 16.5. The van der Waals surface area contributed by atoms with E-state index in [1.165, 1.54) is 0 Å². The van der Waals surface area contributed by atoms with Gasteiger partial charge in [-0.25, -0.2) is 0 Å². The second kappa shape index (κ2) is 10.3. The number of hydrogen-bond donors (Lipinski definition) is 2. The van der Waals surface area contributed by atoms with E-state index < -0.39 is 6.10 Å². The lowest BCUT2D eigenvalue weighted by Crippen LogP contribution is -2.35. The lowest BCUT2D eigenvalue weighted by atomic mass is 10.1. The van der Waals surface area contributed by atoms with E-state index in [1.807, 2.05) is 39.0 Å². The Hall–Kier alpha value is -2.86. The highest BCUT2D eigenvalue weighted by molar-refractivity contribution is 6.04. The van der Waals surface area contributed by atoms with Crippen LogP contribution in [0.15, 0.2) is 42.5 Å². The van der Waals surface area contributed by atoms with Gasteiger partial charge < -0.3 is 20.1 Å². The maximum Gasteiger partial charge on any atom is 0.265 e. The Balaban J connectivity index is 1.66. The Kier molecular flexibility index (Phi) is 7.46. The fraction of sp³-hybridized carbons (Fsp3) is 0.417. The largest absolute Gasteiger partial charge is 0.480 e. The first-order valence-corrected chi connectivity index (χ1v) is 10.5. The van der Waals surface area contributed by atoms with Crippen molar-refractivity contribution in [3.8, 4) is 5.75 Å². The van der Waals surface area contributed by atoms with Crippen molar-refractivity contribution in [1.82, 2.24) is 5.32 Å². The smallest absolute Gasteiger partial charge is 0.265 e. The number of amides is 2. The molecule has 0 unspecified atom stereocenters. The zero-order valence-corrected chi connectivity index (χ0v) is 17.9. The fourth-order valence-corrected chi connectivity index (χ4v) is 3.52. The van der Waals surface area contributed by atoms with Gasteiger partial charge in [-0.15, -0.1) is 0 Å². The average Bonchev–Trinajstić information content (AvgIpc) is 3.25. The van der Waals surface area contributed by atoms with Crippen molar-refractivity contribution in [3.63, 3.8) is 0 Å². The molecule has 1 fully saturated rings. The summed E-state index contributed by atoms with van der Waals surface area (Å²) in [7, 11) is 0. The van der Waals surface area contributed by atoms with E-state index in [-0.39, 0.29) is 17.9 Å². The van der Waals surface area contributed by atoms with Gasteiger partial charge in [-0.2, -0.15) is 0 Å². The van der Waals surface area contributed by atoms with Crippen molar-refractivity contribution < 1.29 is 19.1 Å². The number of carbonyl (C=O) groups is 2. The molecular formula is C24H30N2O4. The standard InChI is InChI=1S/C24H30N2O4/c1-4-21(30-22-12-11-16(2)14-17(22)3)24(28)26-20-10-6-5-9-19(20)23(27)25-15-18-8-7-13-29-18/h5-6,9-12,14,18,21H,4,7-8,13,15H2,1-3H3,(H,25,27)(H,26,28)/t18-,21+/m0/s1. The van der Waals surface area contributed by atoms with Crippen molar-refractivity contribution in [2.75, 3.05) is 18.5 Å². The highest BCUT2D eigenvalue weighted by Gasteiger charge is 2.22. The molecule has 1 heterocycles. The monoisotopic (exact) mass is 410 g/mol. The molecule has 0 saturated carbocycles.